The lowest BCUT2D eigenvalue weighted by molar-refractivity contribution is -0.124. The fraction of sp³-hybridized carbons (Fsp3) is 0.417. The van der Waals surface area contributed by atoms with Crippen molar-refractivity contribution < 1.29 is 9.53 Å². The molecule has 3 N–H and O–H groups in total. The Balaban J connectivity index is 0.00000256. The highest BCUT2D eigenvalue weighted by molar-refractivity contribution is 5.85. The molecule has 0 aliphatic heterocycles. The fourth-order valence-corrected chi connectivity index (χ4v) is 1.40. The van der Waals surface area contributed by atoms with E-state index >= 15 is 0 Å². The summed E-state index contributed by atoms with van der Waals surface area (Å²) in [6.07, 6.45) is 0. The average Bonchev–Trinajstić information content (AvgIpc) is 2.30. The molecule has 96 valence electrons. The zero-order chi connectivity index (χ0) is 12.0. The smallest absolute Gasteiger partial charge is 0.239 e. The first-order chi connectivity index (χ1) is 7.65. The zero-order valence-corrected chi connectivity index (χ0v) is 10.9. The van der Waals surface area contributed by atoms with Gasteiger partial charge in [0.2, 0.25) is 5.91 Å². The van der Waals surface area contributed by atoms with Crippen LogP contribution in [0.1, 0.15) is 18.5 Å². The SMILES string of the molecule is COCC(N)C(=O)NC(C)c1ccccc1.Cl. The lowest BCUT2D eigenvalue weighted by atomic mass is 10.1. The number of nitrogens with one attached hydrogen (secondary N) is 1. The summed E-state index contributed by atoms with van der Waals surface area (Å²) in [4.78, 5) is 11.6. The maximum absolute atomic E-state index is 11.6. The first-order valence-electron chi connectivity index (χ1n) is 5.25. The molecule has 0 aromatic heterocycles. The Bertz CT molecular complexity index is 333. The number of nitrogens with two attached hydrogens (primary N) is 1. The highest BCUT2D eigenvalue weighted by atomic mass is 35.5. The van der Waals surface area contributed by atoms with Gasteiger partial charge in [-0.15, -0.1) is 12.4 Å². The Labute approximate surface area is 108 Å². The van der Waals surface area contributed by atoms with E-state index in [1.165, 1.54) is 7.11 Å². The second-order valence-electron chi connectivity index (χ2n) is 3.70. The number of hydrogen-bond donors (Lipinski definition) is 2. The number of amides is 1. The highest BCUT2D eigenvalue weighted by Gasteiger charge is 2.15. The van der Waals surface area contributed by atoms with Crippen molar-refractivity contribution >= 4 is 18.3 Å². The minimum Gasteiger partial charge on any atom is -0.383 e. The summed E-state index contributed by atoms with van der Waals surface area (Å²) in [6, 6.07) is 9.08. The first kappa shape index (κ1) is 15.9. The largest absolute Gasteiger partial charge is 0.383 e. The molecule has 0 saturated heterocycles. The Morgan fingerprint density at radius 1 is 1.41 bits per heavy atom. The molecule has 0 saturated carbocycles. The van der Waals surface area contributed by atoms with Crippen molar-refractivity contribution in [1.29, 1.82) is 0 Å². The Hall–Kier alpha value is -1.10. The second kappa shape index (κ2) is 8.06. The van der Waals surface area contributed by atoms with Gasteiger partial charge >= 0.3 is 0 Å². The van der Waals surface area contributed by atoms with Crippen LogP contribution in [0.5, 0.6) is 0 Å². The summed E-state index contributed by atoms with van der Waals surface area (Å²) in [5.74, 6) is -0.196. The third-order valence-electron chi connectivity index (χ3n) is 2.34. The van der Waals surface area contributed by atoms with Crippen LogP contribution in [-0.4, -0.2) is 25.7 Å². The van der Waals surface area contributed by atoms with Gasteiger partial charge in [-0.2, -0.15) is 0 Å². The summed E-state index contributed by atoms with van der Waals surface area (Å²) in [7, 11) is 1.52. The highest BCUT2D eigenvalue weighted by Crippen LogP contribution is 2.10. The zero-order valence-electron chi connectivity index (χ0n) is 10.1. The van der Waals surface area contributed by atoms with Crippen molar-refractivity contribution in [1.82, 2.24) is 5.32 Å². The summed E-state index contributed by atoms with van der Waals surface area (Å²) < 4.78 is 4.83. The van der Waals surface area contributed by atoms with Crippen LogP contribution in [0.2, 0.25) is 0 Å². The van der Waals surface area contributed by atoms with Gasteiger partial charge in [-0.05, 0) is 12.5 Å². The van der Waals surface area contributed by atoms with Gasteiger partial charge in [-0.3, -0.25) is 4.79 Å². The minimum atomic E-state index is -0.615. The normalized spacial score (nSPS) is 13.4. The molecule has 1 aromatic rings. The molecule has 4 nitrogen and oxygen atoms in total. The lowest BCUT2D eigenvalue weighted by Crippen LogP contribution is -2.44. The average molecular weight is 259 g/mol. The molecule has 1 rings (SSSR count). The first-order valence-corrected chi connectivity index (χ1v) is 5.25. The van der Waals surface area contributed by atoms with Crippen molar-refractivity contribution in [2.45, 2.75) is 19.0 Å². The van der Waals surface area contributed by atoms with E-state index in [1.54, 1.807) is 0 Å². The predicted molar refractivity (Wildman–Crippen MR) is 70.1 cm³/mol. The number of carbonyl (C=O) groups is 1. The molecule has 0 heterocycles. The Morgan fingerprint density at radius 2 is 2.00 bits per heavy atom. The molecule has 1 amide bonds. The van der Waals surface area contributed by atoms with E-state index in [-0.39, 0.29) is 31.0 Å². The molecule has 1 aromatic carbocycles. The summed E-state index contributed by atoms with van der Waals surface area (Å²) in [5, 5.41) is 2.84. The van der Waals surface area contributed by atoms with Crippen molar-refractivity contribution in [2.24, 2.45) is 5.73 Å². The fourth-order valence-electron chi connectivity index (χ4n) is 1.40. The number of ether oxygens (including phenoxy) is 1. The molecule has 2 unspecified atom stereocenters. The molecule has 5 heteroatoms. The van der Waals surface area contributed by atoms with Gasteiger partial charge in [0.15, 0.2) is 0 Å². The van der Waals surface area contributed by atoms with E-state index in [4.69, 9.17) is 10.5 Å². The molecule has 17 heavy (non-hydrogen) atoms. The van der Waals surface area contributed by atoms with Crippen molar-refractivity contribution in [3.8, 4) is 0 Å². The summed E-state index contributed by atoms with van der Waals surface area (Å²) >= 11 is 0. The monoisotopic (exact) mass is 258 g/mol. The van der Waals surface area contributed by atoms with Gasteiger partial charge in [0, 0.05) is 7.11 Å². The van der Waals surface area contributed by atoms with Gasteiger partial charge in [-0.1, -0.05) is 30.3 Å². The van der Waals surface area contributed by atoms with Crippen LogP contribution in [0.4, 0.5) is 0 Å². The minimum absolute atomic E-state index is 0. The van der Waals surface area contributed by atoms with Crippen molar-refractivity contribution in [3.63, 3.8) is 0 Å². The maximum atomic E-state index is 11.6. The standard InChI is InChI=1S/C12H18N2O2.ClH/c1-9(10-6-4-3-5-7-10)14-12(15)11(13)8-16-2;/h3-7,9,11H,8,13H2,1-2H3,(H,14,15);1H. The molecule has 0 bridgehead atoms. The van der Waals surface area contributed by atoms with E-state index in [0.717, 1.165) is 5.56 Å². The van der Waals surface area contributed by atoms with Gasteiger partial charge in [0.05, 0.1) is 12.6 Å². The van der Waals surface area contributed by atoms with Crippen LogP contribution in [0.15, 0.2) is 30.3 Å². The van der Waals surface area contributed by atoms with Gasteiger partial charge in [-0.25, -0.2) is 0 Å². The van der Waals surface area contributed by atoms with Crippen LogP contribution in [0.3, 0.4) is 0 Å². The number of hydrogen-bond acceptors (Lipinski definition) is 3. The molecule has 0 aliphatic carbocycles. The number of carbonyl (C=O) groups excluding carboxylic acids is 1. The molecule has 0 radical (unpaired) electrons. The van der Waals surface area contributed by atoms with Crippen LogP contribution in [0, 0.1) is 0 Å². The molecular weight excluding hydrogens is 240 g/mol. The summed E-state index contributed by atoms with van der Waals surface area (Å²) in [5.41, 5.74) is 6.67. The van der Waals surface area contributed by atoms with Crippen molar-refractivity contribution in [3.05, 3.63) is 35.9 Å². The number of methoxy groups -OCH3 is 1. The Kier molecular flexibility index (Phi) is 7.54. The quantitative estimate of drug-likeness (QED) is 0.836. The molecular formula is C12H19ClN2O2. The van der Waals surface area contributed by atoms with Crippen LogP contribution in [-0.2, 0) is 9.53 Å². The lowest BCUT2D eigenvalue weighted by Gasteiger charge is -2.17. The predicted octanol–water partition coefficient (Wildman–Crippen LogP) is 1.26. The molecule has 0 spiro atoms. The van der Waals surface area contributed by atoms with E-state index in [0.29, 0.717) is 0 Å². The number of benzene rings is 1. The number of halogens is 1. The van der Waals surface area contributed by atoms with E-state index < -0.39 is 6.04 Å². The van der Waals surface area contributed by atoms with E-state index in [2.05, 4.69) is 5.32 Å². The molecule has 0 fully saturated rings. The van der Waals surface area contributed by atoms with E-state index in [9.17, 15) is 4.79 Å². The topological polar surface area (TPSA) is 64.3 Å². The van der Waals surface area contributed by atoms with Crippen LogP contribution in [0.25, 0.3) is 0 Å². The van der Waals surface area contributed by atoms with E-state index in [1.807, 2.05) is 37.3 Å². The number of rotatable bonds is 5. The van der Waals surface area contributed by atoms with Gasteiger partial charge in [0.1, 0.15) is 6.04 Å². The molecule has 0 aliphatic rings. The van der Waals surface area contributed by atoms with Crippen LogP contribution >= 0.6 is 12.4 Å². The van der Waals surface area contributed by atoms with Crippen LogP contribution < -0.4 is 11.1 Å². The maximum Gasteiger partial charge on any atom is 0.239 e. The Morgan fingerprint density at radius 3 is 2.53 bits per heavy atom. The third kappa shape index (κ3) is 5.17. The van der Waals surface area contributed by atoms with Crippen molar-refractivity contribution in [2.75, 3.05) is 13.7 Å². The second-order valence-corrected chi connectivity index (χ2v) is 3.70. The van der Waals surface area contributed by atoms with Gasteiger partial charge in [0.25, 0.3) is 0 Å². The summed E-state index contributed by atoms with van der Waals surface area (Å²) in [6.45, 7) is 2.15. The third-order valence-corrected chi connectivity index (χ3v) is 2.34. The molecule has 2 atom stereocenters. The van der Waals surface area contributed by atoms with Gasteiger partial charge < -0.3 is 15.8 Å².